The van der Waals surface area contributed by atoms with Crippen LogP contribution in [-0.2, 0) is 0 Å². The van der Waals surface area contributed by atoms with E-state index in [-0.39, 0.29) is 0 Å². The quantitative estimate of drug-likeness (QED) is 0.719. The fourth-order valence-corrected chi connectivity index (χ4v) is 0.820. The maximum Gasteiger partial charge on any atom is 0.159 e. The Morgan fingerprint density at radius 1 is 1.25 bits per heavy atom. The van der Waals surface area contributed by atoms with Gasteiger partial charge in [-0.2, -0.15) is 0 Å². The summed E-state index contributed by atoms with van der Waals surface area (Å²) in [6.45, 7) is 0.388. The molecule has 0 aliphatic rings. The van der Waals surface area contributed by atoms with E-state index in [0.29, 0.717) is 12.1 Å². The summed E-state index contributed by atoms with van der Waals surface area (Å²) in [4.78, 5) is 0. The molecule has 3 heteroatoms. The summed E-state index contributed by atoms with van der Waals surface area (Å²) < 4.78 is 25.0. The highest BCUT2D eigenvalue weighted by Gasteiger charge is 1.99. The molecule has 12 heavy (non-hydrogen) atoms. The first kappa shape index (κ1) is 8.87. The highest BCUT2D eigenvalue weighted by molar-refractivity contribution is 5.49. The average Bonchev–Trinajstić information content (AvgIpc) is 2.07. The molecule has 1 aromatic carbocycles. The third-order valence-corrected chi connectivity index (χ3v) is 1.39. The Hall–Kier alpha value is -1.22. The molecule has 0 atom stereocenters. The molecule has 0 radical (unpaired) electrons. The van der Waals surface area contributed by atoms with E-state index in [0.717, 1.165) is 12.1 Å². The van der Waals surface area contributed by atoms with Crippen molar-refractivity contribution in [2.45, 2.75) is 0 Å². The van der Waals surface area contributed by atoms with Crippen LogP contribution in [-0.4, -0.2) is 6.54 Å². The van der Waals surface area contributed by atoms with Crippen molar-refractivity contribution >= 4 is 6.08 Å². The lowest BCUT2D eigenvalue weighted by Gasteiger charge is -1.94. The Morgan fingerprint density at radius 3 is 2.58 bits per heavy atom. The molecule has 0 spiro atoms. The summed E-state index contributed by atoms with van der Waals surface area (Å²) in [7, 11) is 0. The number of rotatable bonds is 2. The predicted octanol–water partition coefficient (Wildman–Crippen LogP) is 1.94. The minimum Gasteiger partial charge on any atom is -0.327 e. The van der Waals surface area contributed by atoms with Crippen molar-refractivity contribution in [3.8, 4) is 0 Å². The first-order valence-corrected chi connectivity index (χ1v) is 3.55. The lowest BCUT2D eigenvalue weighted by atomic mass is 10.2. The molecule has 1 aromatic rings. The highest BCUT2D eigenvalue weighted by Crippen LogP contribution is 2.09. The fourth-order valence-electron chi connectivity index (χ4n) is 0.820. The standard InChI is InChI=1S/C9H9F2N/c10-8-4-3-7(2-1-5-12)6-9(8)11/h1-4,6H,5,12H2. The van der Waals surface area contributed by atoms with Crippen molar-refractivity contribution in [3.63, 3.8) is 0 Å². The molecule has 64 valence electrons. The molecule has 1 nitrogen and oxygen atoms in total. The molecule has 0 unspecified atom stereocenters. The van der Waals surface area contributed by atoms with E-state index in [1.54, 1.807) is 12.2 Å². The van der Waals surface area contributed by atoms with Crippen molar-refractivity contribution in [2.24, 2.45) is 5.73 Å². The topological polar surface area (TPSA) is 26.0 Å². The Morgan fingerprint density at radius 2 is 2.00 bits per heavy atom. The molecule has 1 rings (SSSR count). The van der Waals surface area contributed by atoms with Crippen LogP contribution in [0.5, 0.6) is 0 Å². The van der Waals surface area contributed by atoms with E-state index in [1.165, 1.54) is 6.07 Å². The van der Waals surface area contributed by atoms with Crippen LogP contribution < -0.4 is 5.73 Å². The molecule has 0 aliphatic carbocycles. The van der Waals surface area contributed by atoms with Gasteiger partial charge in [0, 0.05) is 6.54 Å². The molecule has 0 aliphatic heterocycles. The summed E-state index contributed by atoms with van der Waals surface area (Å²) >= 11 is 0. The maximum absolute atomic E-state index is 12.6. The van der Waals surface area contributed by atoms with Gasteiger partial charge in [-0.05, 0) is 17.7 Å². The zero-order valence-electron chi connectivity index (χ0n) is 6.43. The molecular weight excluding hydrogens is 160 g/mol. The lowest BCUT2D eigenvalue weighted by Crippen LogP contribution is -1.92. The van der Waals surface area contributed by atoms with Gasteiger partial charge in [-0.3, -0.25) is 0 Å². The molecular formula is C9H9F2N. The lowest BCUT2D eigenvalue weighted by molar-refractivity contribution is 0.508. The van der Waals surface area contributed by atoms with E-state index in [4.69, 9.17) is 5.73 Å². The van der Waals surface area contributed by atoms with E-state index >= 15 is 0 Å². The third kappa shape index (κ3) is 2.13. The maximum atomic E-state index is 12.6. The van der Waals surface area contributed by atoms with Gasteiger partial charge >= 0.3 is 0 Å². The largest absolute Gasteiger partial charge is 0.327 e. The molecule has 0 bridgehead atoms. The van der Waals surface area contributed by atoms with Crippen molar-refractivity contribution in [3.05, 3.63) is 41.5 Å². The molecule has 0 amide bonds. The number of benzene rings is 1. The summed E-state index contributed by atoms with van der Waals surface area (Å²) in [5.74, 6) is -1.67. The Balaban J connectivity index is 2.89. The average molecular weight is 169 g/mol. The number of hydrogen-bond donors (Lipinski definition) is 1. The summed E-state index contributed by atoms with van der Waals surface area (Å²) in [5, 5.41) is 0. The zero-order chi connectivity index (χ0) is 8.97. The number of halogens is 2. The normalized spacial score (nSPS) is 10.9. The van der Waals surface area contributed by atoms with Gasteiger partial charge in [-0.15, -0.1) is 0 Å². The molecule has 2 N–H and O–H groups in total. The van der Waals surface area contributed by atoms with Gasteiger partial charge in [0.1, 0.15) is 0 Å². The Kier molecular flexibility index (Phi) is 2.94. The highest BCUT2D eigenvalue weighted by atomic mass is 19.2. The zero-order valence-corrected chi connectivity index (χ0v) is 6.43. The van der Waals surface area contributed by atoms with Crippen LogP contribution in [0.25, 0.3) is 6.08 Å². The monoisotopic (exact) mass is 169 g/mol. The van der Waals surface area contributed by atoms with E-state index in [2.05, 4.69) is 0 Å². The van der Waals surface area contributed by atoms with Crippen LogP contribution in [0.1, 0.15) is 5.56 Å². The van der Waals surface area contributed by atoms with E-state index in [1.807, 2.05) is 0 Å². The third-order valence-electron chi connectivity index (χ3n) is 1.39. The van der Waals surface area contributed by atoms with Gasteiger partial charge in [-0.25, -0.2) is 8.78 Å². The predicted molar refractivity (Wildman–Crippen MR) is 44.4 cm³/mol. The Bertz CT molecular complexity index is 295. The van der Waals surface area contributed by atoms with Gasteiger partial charge in [0.25, 0.3) is 0 Å². The van der Waals surface area contributed by atoms with E-state index < -0.39 is 11.6 Å². The van der Waals surface area contributed by atoms with Gasteiger partial charge in [0.05, 0.1) is 0 Å². The van der Waals surface area contributed by atoms with Gasteiger partial charge < -0.3 is 5.73 Å². The van der Waals surface area contributed by atoms with Crippen LogP contribution >= 0.6 is 0 Å². The van der Waals surface area contributed by atoms with Crippen molar-refractivity contribution in [1.82, 2.24) is 0 Å². The molecule has 0 fully saturated rings. The van der Waals surface area contributed by atoms with Crippen LogP contribution in [0, 0.1) is 11.6 Å². The first-order valence-electron chi connectivity index (χ1n) is 3.55. The van der Waals surface area contributed by atoms with E-state index in [9.17, 15) is 8.78 Å². The number of nitrogens with two attached hydrogens (primary N) is 1. The van der Waals surface area contributed by atoms with Crippen molar-refractivity contribution in [1.29, 1.82) is 0 Å². The fraction of sp³-hybridized carbons (Fsp3) is 0.111. The van der Waals surface area contributed by atoms with Crippen molar-refractivity contribution < 1.29 is 8.78 Å². The SMILES string of the molecule is NCC=Cc1ccc(F)c(F)c1. The smallest absolute Gasteiger partial charge is 0.159 e. The summed E-state index contributed by atoms with van der Waals surface area (Å²) in [5.41, 5.74) is 5.80. The summed E-state index contributed by atoms with van der Waals surface area (Å²) in [6, 6.07) is 3.71. The molecule has 0 saturated carbocycles. The van der Waals surface area contributed by atoms with Crippen molar-refractivity contribution in [2.75, 3.05) is 6.54 Å². The second-order valence-electron chi connectivity index (χ2n) is 2.31. The van der Waals surface area contributed by atoms with Crippen LogP contribution in [0.3, 0.4) is 0 Å². The van der Waals surface area contributed by atoms with Crippen LogP contribution in [0.15, 0.2) is 24.3 Å². The molecule has 0 saturated heterocycles. The second kappa shape index (κ2) is 3.97. The van der Waals surface area contributed by atoms with Gasteiger partial charge in [0.2, 0.25) is 0 Å². The molecule has 0 heterocycles. The van der Waals surface area contributed by atoms with Gasteiger partial charge in [-0.1, -0.05) is 18.2 Å². The van der Waals surface area contributed by atoms with Gasteiger partial charge in [0.15, 0.2) is 11.6 Å². The number of hydrogen-bond acceptors (Lipinski definition) is 1. The first-order chi connectivity index (χ1) is 5.74. The second-order valence-corrected chi connectivity index (χ2v) is 2.31. The minimum absolute atomic E-state index is 0.388. The van der Waals surface area contributed by atoms with Crippen LogP contribution in [0.2, 0.25) is 0 Å². The Labute approximate surface area is 69.5 Å². The summed E-state index contributed by atoms with van der Waals surface area (Å²) in [6.07, 6.45) is 3.31. The minimum atomic E-state index is -0.839. The van der Waals surface area contributed by atoms with Crippen LogP contribution in [0.4, 0.5) is 8.78 Å². The molecule has 0 aromatic heterocycles.